The third kappa shape index (κ3) is 5.53. The summed E-state index contributed by atoms with van der Waals surface area (Å²) in [7, 11) is 0. The lowest BCUT2D eigenvalue weighted by atomic mass is 9.92. The van der Waals surface area contributed by atoms with Crippen LogP contribution in [0.15, 0.2) is 0 Å². The van der Waals surface area contributed by atoms with Crippen LogP contribution in [0.1, 0.15) is 53.9 Å². The molecule has 2 amide bonds. The minimum atomic E-state index is -0.617. The number of carbonyl (C=O) groups is 2. The van der Waals surface area contributed by atoms with E-state index in [0.717, 1.165) is 0 Å². The maximum Gasteiger partial charge on any atom is 0.410 e. The van der Waals surface area contributed by atoms with E-state index in [0.29, 0.717) is 25.8 Å². The van der Waals surface area contributed by atoms with Crippen molar-refractivity contribution in [3.8, 4) is 0 Å². The van der Waals surface area contributed by atoms with Crippen LogP contribution in [0.5, 0.6) is 0 Å². The number of aliphatic hydroxyl groups excluding tert-OH is 1. The van der Waals surface area contributed by atoms with E-state index in [2.05, 4.69) is 5.32 Å². The van der Waals surface area contributed by atoms with Crippen LogP contribution in [0.2, 0.25) is 0 Å². The first-order valence-corrected chi connectivity index (χ1v) is 7.58. The van der Waals surface area contributed by atoms with Gasteiger partial charge < -0.3 is 20.1 Å². The molecular formula is C15H28N2O4. The van der Waals surface area contributed by atoms with Crippen molar-refractivity contribution in [2.45, 2.75) is 77.7 Å². The summed E-state index contributed by atoms with van der Waals surface area (Å²) in [4.78, 5) is 25.1. The predicted octanol–water partition coefficient (Wildman–Crippen LogP) is 1.66. The summed E-state index contributed by atoms with van der Waals surface area (Å²) in [5.74, 6) is -0.0875. The van der Waals surface area contributed by atoms with Crippen molar-refractivity contribution in [1.82, 2.24) is 10.2 Å². The number of hydrogen-bond acceptors (Lipinski definition) is 4. The van der Waals surface area contributed by atoms with Crippen molar-refractivity contribution < 1.29 is 19.4 Å². The van der Waals surface area contributed by atoms with E-state index in [-0.39, 0.29) is 18.0 Å². The standard InChI is InChI=1S/C15H28N2O4/c1-6-13(19)12-9-11(16-10(2)18)7-8-17(12)14(20)21-15(3,4)5/h11-13,19H,6-9H2,1-5H3,(H,16,18)/t11-,12-,13-/m1/s1. The van der Waals surface area contributed by atoms with Crippen molar-refractivity contribution in [2.75, 3.05) is 6.54 Å². The number of ether oxygens (including phenoxy) is 1. The number of piperidine rings is 1. The molecule has 0 aliphatic carbocycles. The second-order valence-electron chi connectivity index (χ2n) is 6.64. The molecule has 0 aromatic carbocycles. The molecule has 3 atom stereocenters. The van der Waals surface area contributed by atoms with Crippen LogP contribution < -0.4 is 5.32 Å². The SMILES string of the molecule is CC[C@@H](O)[C@H]1C[C@H](NC(C)=O)CCN1C(=O)OC(C)(C)C. The van der Waals surface area contributed by atoms with E-state index in [9.17, 15) is 14.7 Å². The first-order valence-electron chi connectivity index (χ1n) is 7.58. The van der Waals surface area contributed by atoms with Gasteiger partial charge >= 0.3 is 6.09 Å². The molecule has 2 N–H and O–H groups in total. The molecule has 0 spiro atoms. The molecule has 1 aliphatic rings. The largest absolute Gasteiger partial charge is 0.444 e. The molecule has 1 saturated heterocycles. The monoisotopic (exact) mass is 300 g/mol. The molecule has 0 bridgehead atoms. The minimum absolute atomic E-state index is 0.00705. The molecule has 6 nitrogen and oxygen atoms in total. The fraction of sp³-hybridized carbons (Fsp3) is 0.867. The molecule has 21 heavy (non-hydrogen) atoms. The average Bonchev–Trinajstić information content (AvgIpc) is 2.34. The number of nitrogens with zero attached hydrogens (tertiary/aromatic N) is 1. The molecule has 1 fully saturated rings. The van der Waals surface area contributed by atoms with Gasteiger partial charge in [0.05, 0.1) is 12.1 Å². The van der Waals surface area contributed by atoms with Crippen LogP contribution in [0.3, 0.4) is 0 Å². The van der Waals surface area contributed by atoms with Crippen LogP contribution in [0.4, 0.5) is 4.79 Å². The Hall–Kier alpha value is -1.30. The molecule has 1 rings (SSSR count). The van der Waals surface area contributed by atoms with Gasteiger partial charge in [-0.1, -0.05) is 6.92 Å². The molecule has 0 radical (unpaired) electrons. The van der Waals surface area contributed by atoms with Gasteiger partial charge in [0, 0.05) is 19.5 Å². The van der Waals surface area contributed by atoms with Gasteiger partial charge in [0.15, 0.2) is 0 Å². The lowest BCUT2D eigenvalue weighted by Crippen LogP contribution is -2.56. The highest BCUT2D eigenvalue weighted by molar-refractivity contribution is 5.73. The second kappa shape index (κ2) is 7.11. The van der Waals surface area contributed by atoms with Gasteiger partial charge in [0.2, 0.25) is 5.91 Å². The van der Waals surface area contributed by atoms with Crippen molar-refractivity contribution in [1.29, 1.82) is 0 Å². The van der Waals surface area contributed by atoms with Gasteiger partial charge in [-0.2, -0.15) is 0 Å². The minimum Gasteiger partial charge on any atom is -0.444 e. The van der Waals surface area contributed by atoms with Crippen molar-refractivity contribution in [3.05, 3.63) is 0 Å². The van der Waals surface area contributed by atoms with Crippen LogP contribution in [-0.2, 0) is 9.53 Å². The second-order valence-corrected chi connectivity index (χ2v) is 6.64. The Bertz CT molecular complexity index is 378. The van der Waals surface area contributed by atoms with Crippen LogP contribution in [0, 0.1) is 0 Å². The molecule has 1 heterocycles. The fourth-order valence-electron chi connectivity index (χ4n) is 2.60. The number of nitrogens with one attached hydrogen (secondary N) is 1. The lowest BCUT2D eigenvalue weighted by Gasteiger charge is -2.41. The topological polar surface area (TPSA) is 78.9 Å². The predicted molar refractivity (Wildman–Crippen MR) is 79.9 cm³/mol. The van der Waals surface area contributed by atoms with Crippen LogP contribution in [-0.4, -0.2) is 52.3 Å². The van der Waals surface area contributed by atoms with Gasteiger partial charge in [0.25, 0.3) is 0 Å². The molecular weight excluding hydrogens is 272 g/mol. The number of likely N-dealkylation sites (tertiary alicyclic amines) is 1. The highest BCUT2D eigenvalue weighted by Crippen LogP contribution is 2.24. The molecule has 122 valence electrons. The normalized spacial score (nSPS) is 24.4. The molecule has 0 unspecified atom stereocenters. The highest BCUT2D eigenvalue weighted by Gasteiger charge is 2.37. The van der Waals surface area contributed by atoms with Gasteiger partial charge in [-0.05, 0) is 40.0 Å². The van der Waals surface area contributed by atoms with Crippen molar-refractivity contribution >= 4 is 12.0 Å². The number of rotatable bonds is 3. The van der Waals surface area contributed by atoms with Gasteiger partial charge in [0.1, 0.15) is 5.60 Å². The van der Waals surface area contributed by atoms with Crippen molar-refractivity contribution in [3.63, 3.8) is 0 Å². The Morgan fingerprint density at radius 2 is 2.05 bits per heavy atom. The Kier molecular flexibility index (Phi) is 6.01. The summed E-state index contributed by atoms with van der Waals surface area (Å²) in [6.45, 7) is 9.29. The zero-order valence-corrected chi connectivity index (χ0v) is 13.7. The lowest BCUT2D eigenvalue weighted by molar-refractivity contribution is -0.120. The first kappa shape index (κ1) is 17.8. The van der Waals surface area contributed by atoms with Crippen molar-refractivity contribution in [2.24, 2.45) is 0 Å². The van der Waals surface area contributed by atoms with E-state index < -0.39 is 17.8 Å². The van der Waals surface area contributed by atoms with Gasteiger partial charge in [-0.25, -0.2) is 4.79 Å². The van der Waals surface area contributed by atoms with E-state index in [1.807, 2.05) is 27.7 Å². The Balaban J connectivity index is 2.78. The summed E-state index contributed by atoms with van der Waals surface area (Å²) in [5.41, 5.74) is -0.562. The first-order chi connectivity index (χ1) is 9.64. The van der Waals surface area contributed by atoms with E-state index in [1.165, 1.54) is 6.92 Å². The zero-order valence-electron chi connectivity index (χ0n) is 13.7. The summed E-state index contributed by atoms with van der Waals surface area (Å²) >= 11 is 0. The van der Waals surface area contributed by atoms with Crippen LogP contribution >= 0.6 is 0 Å². The Morgan fingerprint density at radius 1 is 1.43 bits per heavy atom. The third-order valence-corrected chi connectivity index (χ3v) is 3.54. The van der Waals surface area contributed by atoms with Gasteiger partial charge in [-0.15, -0.1) is 0 Å². The highest BCUT2D eigenvalue weighted by atomic mass is 16.6. The van der Waals surface area contributed by atoms with E-state index >= 15 is 0 Å². The molecule has 0 aromatic heterocycles. The van der Waals surface area contributed by atoms with Crippen LogP contribution in [0.25, 0.3) is 0 Å². The smallest absolute Gasteiger partial charge is 0.410 e. The maximum absolute atomic E-state index is 12.3. The molecule has 1 aliphatic heterocycles. The van der Waals surface area contributed by atoms with E-state index in [4.69, 9.17) is 4.74 Å². The molecule has 6 heteroatoms. The average molecular weight is 300 g/mol. The number of hydrogen-bond donors (Lipinski definition) is 2. The zero-order chi connectivity index (χ0) is 16.2. The summed E-state index contributed by atoms with van der Waals surface area (Å²) in [6.07, 6.45) is 0.756. The quantitative estimate of drug-likeness (QED) is 0.831. The molecule has 0 saturated carbocycles. The van der Waals surface area contributed by atoms with E-state index in [1.54, 1.807) is 4.90 Å². The Morgan fingerprint density at radius 3 is 2.52 bits per heavy atom. The number of amides is 2. The Labute approximate surface area is 126 Å². The maximum atomic E-state index is 12.3. The number of aliphatic hydroxyl groups is 1. The number of carbonyl (C=O) groups excluding carboxylic acids is 2. The summed E-state index contributed by atoms with van der Waals surface area (Å²) in [5, 5.41) is 13.1. The summed E-state index contributed by atoms with van der Waals surface area (Å²) < 4.78 is 5.41. The van der Waals surface area contributed by atoms with Gasteiger partial charge in [-0.3, -0.25) is 4.79 Å². The fourth-order valence-corrected chi connectivity index (χ4v) is 2.60. The summed E-state index contributed by atoms with van der Waals surface area (Å²) in [6, 6.07) is -0.331. The molecule has 0 aromatic rings. The third-order valence-electron chi connectivity index (χ3n) is 3.54.